The minimum atomic E-state index is -0.930. The number of halogens is 2. The molecule has 0 saturated carbocycles. The van der Waals surface area contributed by atoms with Crippen molar-refractivity contribution in [2.24, 2.45) is 5.10 Å². The van der Waals surface area contributed by atoms with Crippen molar-refractivity contribution in [3.05, 3.63) is 92.9 Å². The maximum Gasteiger partial charge on any atom is 0.343 e. The second kappa shape index (κ2) is 10.7. The van der Waals surface area contributed by atoms with E-state index in [2.05, 4.69) is 31.8 Å². The first-order valence-corrected chi connectivity index (χ1v) is 10.5. The van der Waals surface area contributed by atoms with E-state index in [1.54, 1.807) is 67.6 Å². The molecule has 3 aromatic rings. The van der Waals surface area contributed by atoms with Crippen LogP contribution in [0, 0.1) is 6.92 Å². The van der Waals surface area contributed by atoms with Crippen molar-refractivity contribution < 1.29 is 19.1 Å². The van der Waals surface area contributed by atoms with E-state index in [-0.39, 0.29) is 0 Å². The summed E-state index contributed by atoms with van der Waals surface area (Å²) in [6.45, 7) is 1.73. The molecule has 0 unspecified atom stereocenters. The number of carbonyl (C=O) groups is 3. The highest BCUT2D eigenvalue weighted by atomic mass is 79.9. The molecule has 2 N–H and O–H groups in total. The van der Waals surface area contributed by atoms with Crippen LogP contribution >= 0.6 is 27.5 Å². The number of hydrazone groups is 1. The number of benzene rings is 3. The molecule has 0 radical (unpaired) electrons. The molecule has 0 saturated heterocycles. The number of anilines is 1. The molecule has 0 aliphatic rings. The summed E-state index contributed by atoms with van der Waals surface area (Å²) < 4.78 is 6.10. The van der Waals surface area contributed by atoms with Crippen molar-refractivity contribution in [3.63, 3.8) is 0 Å². The predicted molar refractivity (Wildman–Crippen MR) is 126 cm³/mol. The summed E-state index contributed by atoms with van der Waals surface area (Å²) in [6, 6.07) is 18.3. The molecule has 0 fully saturated rings. The van der Waals surface area contributed by atoms with Crippen LogP contribution in [0.3, 0.4) is 0 Å². The van der Waals surface area contributed by atoms with Gasteiger partial charge in [-0.1, -0.05) is 39.7 Å². The molecule has 0 atom stereocenters. The van der Waals surface area contributed by atoms with E-state index in [4.69, 9.17) is 16.3 Å². The first-order chi connectivity index (χ1) is 15.3. The first-order valence-electron chi connectivity index (χ1n) is 9.31. The zero-order valence-corrected chi connectivity index (χ0v) is 19.1. The van der Waals surface area contributed by atoms with Gasteiger partial charge >= 0.3 is 17.8 Å². The Hall–Kier alpha value is -3.49. The van der Waals surface area contributed by atoms with E-state index in [9.17, 15) is 14.4 Å². The molecule has 3 rings (SSSR count). The summed E-state index contributed by atoms with van der Waals surface area (Å²) >= 11 is 9.31. The van der Waals surface area contributed by atoms with Gasteiger partial charge in [-0.25, -0.2) is 10.2 Å². The fourth-order valence-electron chi connectivity index (χ4n) is 2.54. The highest BCUT2D eigenvalue weighted by molar-refractivity contribution is 9.10. The van der Waals surface area contributed by atoms with Gasteiger partial charge in [0.15, 0.2) is 0 Å². The molecule has 0 bridgehead atoms. The molecular formula is C23H17BrClN3O4. The highest BCUT2D eigenvalue weighted by Gasteiger charge is 2.14. The Morgan fingerprint density at radius 2 is 1.72 bits per heavy atom. The minimum Gasteiger partial charge on any atom is -0.423 e. The molecule has 0 aliphatic heterocycles. The number of rotatable bonds is 5. The molecule has 7 nitrogen and oxygen atoms in total. The zero-order chi connectivity index (χ0) is 23.1. The van der Waals surface area contributed by atoms with Crippen LogP contribution in [0.1, 0.15) is 21.5 Å². The molecular weight excluding hydrogens is 498 g/mol. The van der Waals surface area contributed by atoms with Gasteiger partial charge in [-0.15, -0.1) is 0 Å². The summed E-state index contributed by atoms with van der Waals surface area (Å²) in [6.07, 6.45) is 1.36. The number of amides is 2. The Bertz CT molecular complexity index is 1200. The average molecular weight is 515 g/mol. The van der Waals surface area contributed by atoms with Crippen molar-refractivity contribution in [1.29, 1.82) is 0 Å². The van der Waals surface area contributed by atoms with Crippen molar-refractivity contribution in [2.75, 3.05) is 5.32 Å². The Kier molecular flexibility index (Phi) is 7.75. The van der Waals surface area contributed by atoms with Crippen LogP contribution < -0.4 is 15.5 Å². The van der Waals surface area contributed by atoms with Gasteiger partial charge in [0.1, 0.15) is 5.75 Å². The molecule has 0 aliphatic carbocycles. The highest BCUT2D eigenvalue weighted by Crippen LogP contribution is 2.22. The monoisotopic (exact) mass is 513 g/mol. The lowest BCUT2D eigenvalue weighted by Gasteiger charge is -2.08. The fourth-order valence-corrected chi connectivity index (χ4v) is 3.12. The molecule has 0 spiro atoms. The van der Waals surface area contributed by atoms with Gasteiger partial charge in [0, 0.05) is 15.2 Å². The Balaban J connectivity index is 1.53. The van der Waals surface area contributed by atoms with Crippen molar-refractivity contribution in [3.8, 4) is 5.75 Å². The molecule has 3 aromatic carbocycles. The lowest BCUT2D eigenvalue weighted by molar-refractivity contribution is -0.136. The quantitative estimate of drug-likeness (QED) is 0.169. The second-order valence-electron chi connectivity index (χ2n) is 6.53. The maximum atomic E-state index is 12.2. The van der Waals surface area contributed by atoms with Crippen LogP contribution in [0.2, 0.25) is 5.02 Å². The van der Waals surface area contributed by atoms with E-state index >= 15 is 0 Å². The third-order valence-electron chi connectivity index (χ3n) is 4.25. The smallest absolute Gasteiger partial charge is 0.343 e. The normalized spacial score (nSPS) is 10.6. The van der Waals surface area contributed by atoms with Crippen LogP contribution in [-0.2, 0) is 9.59 Å². The third kappa shape index (κ3) is 6.26. The first kappa shape index (κ1) is 23.2. The topological polar surface area (TPSA) is 96.9 Å². The van der Waals surface area contributed by atoms with E-state index < -0.39 is 17.8 Å². The van der Waals surface area contributed by atoms with Crippen molar-refractivity contribution in [2.45, 2.75) is 6.92 Å². The Morgan fingerprint density at radius 1 is 1.00 bits per heavy atom. The van der Waals surface area contributed by atoms with Crippen LogP contribution in [0.4, 0.5) is 5.69 Å². The number of carbonyl (C=O) groups excluding carboxylic acids is 3. The van der Waals surface area contributed by atoms with Crippen LogP contribution in [-0.4, -0.2) is 24.0 Å². The fraction of sp³-hybridized carbons (Fsp3) is 0.0435. The number of ether oxygens (including phenoxy) is 1. The summed E-state index contributed by atoms with van der Waals surface area (Å²) in [5.74, 6) is -1.93. The number of hydrogen-bond acceptors (Lipinski definition) is 5. The van der Waals surface area contributed by atoms with Gasteiger partial charge in [0.2, 0.25) is 0 Å². The summed E-state index contributed by atoms with van der Waals surface area (Å²) in [5.41, 5.74) is 4.29. The molecule has 32 heavy (non-hydrogen) atoms. The molecule has 9 heteroatoms. The average Bonchev–Trinajstić information content (AvgIpc) is 2.78. The largest absolute Gasteiger partial charge is 0.423 e. The van der Waals surface area contributed by atoms with Gasteiger partial charge in [0.05, 0.1) is 11.8 Å². The van der Waals surface area contributed by atoms with E-state index in [0.29, 0.717) is 33.1 Å². The second-order valence-corrected chi connectivity index (χ2v) is 7.86. The number of nitrogens with one attached hydrogen (secondary N) is 2. The molecule has 0 aromatic heterocycles. The van der Waals surface area contributed by atoms with Gasteiger partial charge in [-0.2, -0.15) is 5.10 Å². The number of hydrogen-bond donors (Lipinski definition) is 2. The van der Waals surface area contributed by atoms with E-state index in [0.717, 1.165) is 4.47 Å². The summed E-state index contributed by atoms with van der Waals surface area (Å²) in [7, 11) is 0. The SMILES string of the molecule is Cc1c(Cl)cccc1NC(=O)C(=O)N/N=C/c1ccc(OC(=O)c2cccc(Br)c2)cc1. The summed E-state index contributed by atoms with van der Waals surface area (Å²) in [5, 5.41) is 6.73. The number of esters is 1. The zero-order valence-electron chi connectivity index (χ0n) is 16.8. The molecule has 162 valence electrons. The standard InChI is InChI=1S/C23H17BrClN3O4/c1-14-19(25)6-3-7-20(14)27-21(29)22(30)28-26-13-15-8-10-18(11-9-15)32-23(31)16-4-2-5-17(24)12-16/h2-13H,1H3,(H,27,29)(H,28,30)/b26-13+. The van der Waals surface area contributed by atoms with Gasteiger partial charge in [-0.05, 0) is 72.6 Å². The van der Waals surface area contributed by atoms with Crippen LogP contribution in [0.15, 0.2) is 76.3 Å². The lowest BCUT2D eigenvalue weighted by Crippen LogP contribution is -2.32. The molecule has 2 amide bonds. The van der Waals surface area contributed by atoms with Gasteiger partial charge < -0.3 is 10.1 Å². The van der Waals surface area contributed by atoms with Crippen LogP contribution in [0.25, 0.3) is 0 Å². The minimum absolute atomic E-state index is 0.354. The lowest BCUT2D eigenvalue weighted by atomic mass is 10.2. The van der Waals surface area contributed by atoms with E-state index in [1.165, 1.54) is 6.21 Å². The van der Waals surface area contributed by atoms with Crippen molar-refractivity contribution >= 4 is 57.2 Å². The van der Waals surface area contributed by atoms with Gasteiger partial charge in [0.25, 0.3) is 0 Å². The van der Waals surface area contributed by atoms with Crippen LogP contribution in [0.5, 0.6) is 5.75 Å². The molecule has 0 heterocycles. The maximum absolute atomic E-state index is 12.2. The Labute approximate surface area is 197 Å². The van der Waals surface area contributed by atoms with Crippen molar-refractivity contribution in [1.82, 2.24) is 5.43 Å². The number of nitrogens with zero attached hydrogens (tertiary/aromatic N) is 1. The Morgan fingerprint density at radius 3 is 2.44 bits per heavy atom. The van der Waals surface area contributed by atoms with E-state index in [1.807, 2.05) is 6.07 Å². The summed E-state index contributed by atoms with van der Waals surface area (Å²) in [4.78, 5) is 36.1. The van der Waals surface area contributed by atoms with Gasteiger partial charge in [-0.3, -0.25) is 9.59 Å². The predicted octanol–water partition coefficient (Wildman–Crippen LogP) is 4.72. The third-order valence-corrected chi connectivity index (χ3v) is 5.16.